The molecule has 0 saturated carbocycles. The van der Waals surface area contributed by atoms with Gasteiger partial charge in [0.05, 0.1) is 23.7 Å². The van der Waals surface area contributed by atoms with Crippen molar-refractivity contribution >= 4 is 19.1 Å². The summed E-state index contributed by atoms with van der Waals surface area (Å²) < 4.78 is 30.2. The average molecular weight is 321 g/mol. The lowest BCUT2D eigenvalue weighted by atomic mass is 10.2. The number of hydrogen-bond donors (Lipinski definition) is 0. The molecule has 2 aliphatic rings. The van der Waals surface area contributed by atoms with E-state index in [-0.39, 0.29) is 22.5 Å². The first-order chi connectivity index (χ1) is 8.93. The first-order valence-electron chi connectivity index (χ1n) is 7.30. The van der Waals surface area contributed by atoms with Gasteiger partial charge in [-0.15, -0.1) is 0 Å². The minimum atomic E-state index is -1.81. The highest BCUT2D eigenvalue weighted by atomic mass is 32.2. The maximum Gasteiger partial charge on any atom is 0.192 e. The molecular formula is C14H28O4SSi. The molecule has 20 heavy (non-hydrogen) atoms. The SMILES string of the molecule is CC1(C)O[C@H]2[C@H](CS(=O)[C@H]2CO[Si](C)(C)C(C)(C)C)O1. The van der Waals surface area contributed by atoms with E-state index in [1.54, 1.807) is 0 Å². The van der Waals surface area contributed by atoms with Crippen LogP contribution in [-0.2, 0) is 24.7 Å². The van der Waals surface area contributed by atoms with Crippen LogP contribution in [0.3, 0.4) is 0 Å². The topological polar surface area (TPSA) is 44.8 Å². The van der Waals surface area contributed by atoms with Crippen LogP contribution < -0.4 is 0 Å². The maximum absolute atomic E-state index is 12.3. The van der Waals surface area contributed by atoms with Gasteiger partial charge in [-0.3, -0.25) is 4.21 Å². The van der Waals surface area contributed by atoms with E-state index in [2.05, 4.69) is 33.9 Å². The molecule has 2 rings (SSSR count). The molecule has 4 nitrogen and oxygen atoms in total. The third-order valence-corrected chi connectivity index (χ3v) is 10.9. The molecule has 0 spiro atoms. The predicted octanol–water partition coefficient (Wildman–Crippen LogP) is 2.66. The van der Waals surface area contributed by atoms with Crippen molar-refractivity contribution < 1.29 is 18.1 Å². The van der Waals surface area contributed by atoms with Gasteiger partial charge < -0.3 is 13.9 Å². The van der Waals surface area contributed by atoms with Gasteiger partial charge in [0.2, 0.25) is 0 Å². The summed E-state index contributed by atoms with van der Waals surface area (Å²) in [6, 6.07) is 0. The van der Waals surface area contributed by atoms with E-state index in [4.69, 9.17) is 13.9 Å². The molecule has 4 atom stereocenters. The van der Waals surface area contributed by atoms with E-state index in [9.17, 15) is 4.21 Å². The van der Waals surface area contributed by atoms with Crippen LogP contribution in [0.1, 0.15) is 34.6 Å². The predicted molar refractivity (Wildman–Crippen MR) is 83.8 cm³/mol. The van der Waals surface area contributed by atoms with Crippen LogP contribution >= 0.6 is 0 Å². The van der Waals surface area contributed by atoms with E-state index in [0.717, 1.165) is 0 Å². The normalized spacial score (nSPS) is 37.1. The monoisotopic (exact) mass is 320 g/mol. The van der Waals surface area contributed by atoms with Crippen LogP contribution in [0.2, 0.25) is 18.1 Å². The van der Waals surface area contributed by atoms with E-state index < -0.39 is 24.9 Å². The molecule has 118 valence electrons. The highest BCUT2D eigenvalue weighted by Crippen LogP contribution is 2.39. The van der Waals surface area contributed by atoms with Gasteiger partial charge in [-0.25, -0.2) is 0 Å². The summed E-state index contributed by atoms with van der Waals surface area (Å²) >= 11 is 0. The summed E-state index contributed by atoms with van der Waals surface area (Å²) in [5.41, 5.74) is 0. The van der Waals surface area contributed by atoms with Gasteiger partial charge in [0.1, 0.15) is 6.10 Å². The molecule has 2 aliphatic heterocycles. The van der Waals surface area contributed by atoms with E-state index in [0.29, 0.717) is 12.4 Å². The first-order valence-corrected chi connectivity index (χ1v) is 11.6. The molecule has 2 saturated heterocycles. The van der Waals surface area contributed by atoms with Gasteiger partial charge in [-0.05, 0) is 32.0 Å². The van der Waals surface area contributed by atoms with Crippen LogP contribution in [0.5, 0.6) is 0 Å². The minimum Gasteiger partial charge on any atom is -0.416 e. The largest absolute Gasteiger partial charge is 0.416 e. The fourth-order valence-corrected chi connectivity index (χ4v) is 5.15. The summed E-state index contributed by atoms with van der Waals surface area (Å²) in [4.78, 5) is 0. The lowest BCUT2D eigenvalue weighted by molar-refractivity contribution is -0.146. The van der Waals surface area contributed by atoms with Crippen molar-refractivity contribution in [2.45, 2.75) is 76.0 Å². The van der Waals surface area contributed by atoms with Crippen LogP contribution in [-0.4, -0.2) is 48.1 Å². The molecule has 0 bridgehead atoms. The molecular weight excluding hydrogens is 292 g/mol. The number of hydrogen-bond acceptors (Lipinski definition) is 4. The lowest BCUT2D eigenvalue weighted by Gasteiger charge is -2.37. The molecule has 0 aromatic heterocycles. The standard InChI is InChI=1S/C14H28O4SSi/c1-13(2,3)20(6,7)16-8-11-12-10(9-19(11)15)17-14(4,5)18-12/h10-12H,8-9H2,1-7H3/t10-,11-,12-,19?/m0/s1. The Bertz CT molecular complexity index is 402. The third kappa shape index (κ3) is 3.19. The Morgan fingerprint density at radius 2 is 1.90 bits per heavy atom. The Hall–Kier alpha value is 0.247. The molecule has 2 fully saturated rings. The molecule has 0 aliphatic carbocycles. The fourth-order valence-electron chi connectivity index (χ4n) is 2.42. The zero-order valence-electron chi connectivity index (χ0n) is 13.7. The van der Waals surface area contributed by atoms with Crippen molar-refractivity contribution in [1.82, 2.24) is 0 Å². The molecule has 0 radical (unpaired) electrons. The second-order valence-corrected chi connectivity index (χ2v) is 14.3. The molecule has 0 aromatic carbocycles. The van der Waals surface area contributed by atoms with Crippen LogP contribution in [0, 0.1) is 0 Å². The fraction of sp³-hybridized carbons (Fsp3) is 1.00. The minimum absolute atomic E-state index is 0.0427. The number of rotatable bonds is 3. The van der Waals surface area contributed by atoms with E-state index in [1.807, 2.05) is 13.8 Å². The molecule has 0 N–H and O–H groups in total. The summed E-state index contributed by atoms with van der Waals surface area (Å²) in [7, 11) is -2.73. The van der Waals surface area contributed by atoms with Crippen LogP contribution in [0.4, 0.5) is 0 Å². The summed E-state index contributed by atoms with van der Waals surface area (Å²) in [6.45, 7) is 15.4. The molecule has 1 unspecified atom stereocenters. The molecule has 0 amide bonds. The Balaban J connectivity index is 2.01. The zero-order valence-corrected chi connectivity index (χ0v) is 15.5. The zero-order chi connectivity index (χ0) is 15.3. The summed E-state index contributed by atoms with van der Waals surface area (Å²) in [6.07, 6.45) is -0.130. The maximum atomic E-state index is 12.3. The van der Waals surface area contributed by atoms with E-state index >= 15 is 0 Å². The highest BCUT2D eigenvalue weighted by Gasteiger charge is 2.53. The second-order valence-electron chi connectivity index (χ2n) is 7.80. The third-order valence-electron chi connectivity index (χ3n) is 4.67. The Labute approximate surface area is 126 Å². The van der Waals surface area contributed by atoms with Crippen molar-refractivity contribution in [1.29, 1.82) is 0 Å². The highest BCUT2D eigenvalue weighted by molar-refractivity contribution is 7.86. The average Bonchev–Trinajstić information content (AvgIpc) is 2.64. The lowest BCUT2D eigenvalue weighted by Crippen LogP contribution is -2.45. The van der Waals surface area contributed by atoms with Crippen molar-refractivity contribution in [3.8, 4) is 0 Å². The summed E-state index contributed by atoms with van der Waals surface area (Å²) in [5.74, 6) is 0.00873. The van der Waals surface area contributed by atoms with Crippen molar-refractivity contribution in [2.24, 2.45) is 0 Å². The van der Waals surface area contributed by atoms with Gasteiger partial charge in [0.25, 0.3) is 0 Å². The molecule has 0 aromatic rings. The molecule has 6 heteroatoms. The van der Waals surface area contributed by atoms with Gasteiger partial charge in [0, 0.05) is 10.8 Å². The van der Waals surface area contributed by atoms with Crippen LogP contribution in [0.15, 0.2) is 0 Å². The Kier molecular flexibility index (Phi) is 4.29. The van der Waals surface area contributed by atoms with Gasteiger partial charge in [-0.1, -0.05) is 20.8 Å². The first kappa shape index (κ1) is 16.6. The second kappa shape index (κ2) is 5.16. The summed E-state index contributed by atoms with van der Waals surface area (Å²) in [5, 5.41) is 0.106. The van der Waals surface area contributed by atoms with Gasteiger partial charge >= 0.3 is 0 Å². The van der Waals surface area contributed by atoms with Gasteiger partial charge in [0.15, 0.2) is 14.1 Å². The molecule has 2 heterocycles. The van der Waals surface area contributed by atoms with Crippen molar-refractivity contribution in [2.75, 3.05) is 12.4 Å². The van der Waals surface area contributed by atoms with Crippen molar-refractivity contribution in [3.05, 3.63) is 0 Å². The quantitative estimate of drug-likeness (QED) is 0.750. The van der Waals surface area contributed by atoms with Crippen molar-refractivity contribution in [3.63, 3.8) is 0 Å². The van der Waals surface area contributed by atoms with Gasteiger partial charge in [-0.2, -0.15) is 0 Å². The smallest absolute Gasteiger partial charge is 0.192 e. The van der Waals surface area contributed by atoms with Crippen LogP contribution in [0.25, 0.3) is 0 Å². The number of ether oxygens (including phenoxy) is 2. The number of fused-ring (bicyclic) bond motifs is 1. The Morgan fingerprint density at radius 1 is 1.30 bits per heavy atom. The Morgan fingerprint density at radius 3 is 2.45 bits per heavy atom. The van der Waals surface area contributed by atoms with E-state index in [1.165, 1.54) is 0 Å².